The van der Waals surface area contributed by atoms with Gasteiger partial charge < -0.3 is 4.74 Å². The monoisotopic (exact) mass is 396 g/mol. The predicted molar refractivity (Wildman–Crippen MR) is 73.5 cm³/mol. The number of halogens is 9. The number of alkyl halides is 2. The smallest absolute Gasteiger partial charge is 0.426 e. The Kier molecular flexibility index (Phi) is 3.85. The largest absolute Gasteiger partial charge is 0.426 e. The molecule has 0 fully saturated rings. The standard InChI is InChI=1S/C14H9F9OS/c1-8-2-4-9(5-3-8)14(17,18)24-10-6-7-11(13(16)12(10)15)25(19,20,21,22)23/h2-7H,1H3. The van der Waals surface area contributed by atoms with Crippen LogP contribution in [0.4, 0.5) is 37.0 Å². The minimum Gasteiger partial charge on any atom is -0.426 e. The summed E-state index contributed by atoms with van der Waals surface area (Å²) in [4.78, 5) is -3.15. The van der Waals surface area contributed by atoms with Crippen LogP contribution in [0.3, 0.4) is 0 Å². The maximum Gasteiger partial charge on any atom is 0.426 e. The molecule has 0 unspecified atom stereocenters. The molecule has 2 rings (SSSR count). The number of aryl methyl sites for hydroxylation is 1. The van der Waals surface area contributed by atoms with E-state index in [9.17, 15) is 37.0 Å². The highest BCUT2D eigenvalue weighted by Gasteiger charge is 2.67. The first-order valence-electron chi connectivity index (χ1n) is 6.37. The number of ether oxygens (including phenoxy) is 1. The van der Waals surface area contributed by atoms with Gasteiger partial charge in [0, 0.05) is 0 Å². The molecule has 0 aromatic heterocycles. The molecule has 0 amide bonds. The lowest BCUT2D eigenvalue weighted by molar-refractivity contribution is -0.187. The third-order valence-electron chi connectivity index (χ3n) is 3.05. The molecule has 1 nitrogen and oxygen atoms in total. The molecule has 140 valence electrons. The van der Waals surface area contributed by atoms with E-state index in [4.69, 9.17) is 0 Å². The summed E-state index contributed by atoms with van der Waals surface area (Å²) in [6.45, 7) is 1.58. The van der Waals surface area contributed by atoms with Crippen molar-refractivity contribution in [2.24, 2.45) is 0 Å². The first kappa shape index (κ1) is 19.3. The zero-order valence-corrected chi connectivity index (χ0v) is 13.0. The zero-order chi connectivity index (χ0) is 19.3. The Morgan fingerprint density at radius 3 is 1.80 bits per heavy atom. The summed E-state index contributed by atoms with van der Waals surface area (Å²) in [5.41, 5.74) is -0.202. The number of hydrogen-bond donors (Lipinski definition) is 0. The molecule has 0 aliphatic heterocycles. The van der Waals surface area contributed by atoms with Crippen LogP contribution >= 0.6 is 10.2 Å². The van der Waals surface area contributed by atoms with Crippen LogP contribution in [0.2, 0.25) is 0 Å². The van der Waals surface area contributed by atoms with Crippen LogP contribution in [0.1, 0.15) is 11.1 Å². The minimum absolute atomic E-state index is 0.131. The van der Waals surface area contributed by atoms with Gasteiger partial charge in [-0.05, 0) is 31.2 Å². The Labute approximate surface area is 135 Å². The van der Waals surface area contributed by atoms with Gasteiger partial charge in [0.2, 0.25) is 5.82 Å². The highest BCUT2D eigenvalue weighted by Crippen LogP contribution is 3.02. The lowest BCUT2D eigenvalue weighted by Crippen LogP contribution is -2.23. The van der Waals surface area contributed by atoms with Gasteiger partial charge in [-0.3, -0.25) is 0 Å². The fourth-order valence-electron chi connectivity index (χ4n) is 1.84. The van der Waals surface area contributed by atoms with Crippen molar-refractivity contribution >= 4 is 10.2 Å². The van der Waals surface area contributed by atoms with Gasteiger partial charge in [-0.2, -0.15) is 13.2 Å². The van der Waals surface area contributed by atoms with Crippen LogP contribution in [0, 0.1) is 18.6 Å². The van der Waals surface area contributed by atoms with E-state index < -0.39 is 50.2 Å². The molecule has 0 heterocycles. The van der Waals surface area contributed by atoms with Gasteiger partial charge in [0.25, 0.3) is 0 Å². The number of hydrogen-bond acceptors (Lipinski definition) is 1. The lowest BCUT2D eigenvalue weighted by Gasteiger charge is -2.40. The first-order valence-corrected chi connectivity index (χ1v) is 8.32. The number of benzene rings is 2. The van der Waals surface area contributed by atoms with Gasteiger partial charge in [-0.15, -0.1) is 0 Å². The zero-order valence-electron chi connectivity index (χ0n) is 12.2. The molecule has 0 aliphatic carbocycles. The molecule has 2 aromatic carbocycles. The van der Waals surface area contributed by atoms with Crippen LogP contribution in [-0.4, -0.2) is 0 Å². The maximum absolute atomic E-state index is 13.9. The molecule has 0 radical (unpaired) electrons. The van der Waals surface area contributed by atoms with Crippen molar-refractivity contribution in [2.45, 2.75) is 17.9 Å². The van der Waals surface area contributed by atoms with E-state index in [2.05, 4.69) is 4.74 Å². The van der Waals surface area contributed by atoms with Gasteiger partial charge in [0.15, 0.2) is 11.6 Å². The van der Waals surface area contributed by atoms with Crippen molar-refractivity contribution in [2.75, 3.05) is 0 Å². The average molecular weight is 396 g/mol. The van der Waals surface area contributed by atoms with Crippen molar-refractivity contribution in [3.63, 3.8) is 0 Å². The Balaban J connectivity index is 2.46. The van der Waals surface area contributed by atoms with E-state index in [-0.39, 0.29) is 6.07 Å². The van der Waals surface area contributed by atoms with Crippen LogP contribution < -0.4 is 4.74 Å². The van der Waals surface area contributed by atoms with E-state index in [1.165, 1.54) is 12.1 Å². The van der Waals surface area contributed by atoms with E-state index in [1.807, 2.05) is 0 Å². The molecule has 2 aromatic rings. The van der Waals surface area contributed by atoms with Gasteiger partial charge in [0.05, 0.1) is 5.56 Å². The second-order valence-corrected chi connectivity index (χ2v) is 7.52. The summed E-state index contributed by atoms with van der Waals surface area (Å²) in [7, 11) is -10.5. The summed E-state index contributed by atoms with van der Waals surface area (Å²) in [6.07, 6.45) is -4.24. The highest BCUT2D eigenvalue weighted by molar-refractivity contribution is 8.45. The minimum atomic E-state index is -10.5. The molecular weight excluding hydrogens is 387 g/mol. The quantitative estimate of drug-likeness (QED) is 0.503. The van der Waals surface area contributed by atoms with E-state index >= 15 is 0 Å². The summed E-state index contributed by atoms with van der Waals surface area (Å²) < 4.78 is 122. The summed E-state index contributed by atoms with van der Waals surface area (Å²) in [5, 5.41) is 0. The van der Waals surface area contributed by atoms with Gasteiger partial charge >= 0.3 is 16.3 Å². The Morgan fingerprint density at radius 1 is 0.800 bits per heavy atom. The van der Waals surface area contributed by atoms with Crippen molar-refractivity contribution in [1.82, 2.24) is 0 Å². The second-order valence-electron chi connectivity index (χ2n) is 5.14. The predicted octanol–water partition coefficient (Wildman–Crippen LogP) is 7.06. The molecule has 0 spiro atoms. The SMILES string of the molecule is Cc1ccc(C(F)(F)Oc2ccc(S(F)(F)(F)(F)F)c(F)c2F)cc1. The third-order valence-corrected chi connectivity index (χ3v) is 4.20. The van der Waals surface area contributed by atoms with Crippen molar-refractivity contribution in [1.29, 1.82) is 0 Å². The van der Waals surface area contributed by atoms with Crippen LogP contribution in [0.25, 0.3) is 0 Å². The van der Waals surface area contributed by atoms with Crippen LogP contribution in [-0.2, 0) is 6.11 Å². The molecule has 0 saturated carbocycles. The normalized spacial score (nSPS) is 15.4. The molecular formula is C14H9F9OS. The fraction of sp³-hybridized carbons (Fsp3) is 0.143. The first-order chi connectivity index (χ1) is 11.0. The van der Waals surface area contributed by atoms with Crippen LogP contribution in [0.5, 0.6) is 5.75 Å². The average Bonchev–Trinajstić information content (AvgIpc) is 2.41. The van der Waals surface area contributed by atoms with Gasteiger partial charge in [-0.1, -0.05) is 37.1 Å². The fourth-order valence-corrected chi connectivity index (χ4v) is 2.59. The summed E-state index contributed by atoms with van der Waals surface area (Å²) in [5.74, 6) is -7.26. The molecule has 0 bridgehead atoms. The number of rotatable bonds is 4. The lowest BCUT2D eigenvalue weighted by atomic mass is 10.1. The van der Waals surface area contributed by atoms with E-state index in [0.29, 0.717) is 5.56 Å². The molecule has 0 N–H and O–H groups in total. The Hall–Kier alpha value is -2.04. The van der Waals surface area contributed by atoms with Gasteiger partial charge in [-0.25, -0.2) is 4.39 Å². The summed E-state index contributed by atoms with van der Waals surface area (Å²) >= 11 is 0. The Morgan fingerprint density at radius 2 is 1.32 bits per heavy atom. The molecule has 11 heteroatoms. The second kappa shape index (κ2) is 4.99. The molecule has 25 heavy (non-hydrogen) atoms. The van der Waals surface area contributed by atoms with E-state index in [1.54, 1.807) is 6.92 Å². The third kappa shape index (κ3) is 4.14. The van der Waals surface area contributed by atoms with Gasteiger partial charge in [0.1, 0.15) is 4.90 Å². The van der Waals surface area contributed by atoms with Crippen molar-refractivity contribution in [3.05, 3.63) is 59.2 Å². The molecule has 0 atom stereocenters. The maximum atomic E-state index is 13.9. The van der Waals surface area contributed by atoms with E-state index in [0.717, 1.165) is 12.1 Å². The van der Waals surface area contributed by atoms with Crippen molar-refractivity contribution in [3.8, 4) is 5.75 Å². The van der Waals surface area contributed by atoms with Crippen LogP contribution in [0.15, 0.2) is 41.3 Å². The van der Waals surface area contributed by atoms with Crippen molar-refractivity contribution < 1.29 is 41.7 Å². The highest BCUT2D eigenvalue weighted by atomic mass is 32.5. The summed E-state index contributed by atoms with van der Waals surface area (Å²) in [6, 6.07) is 3.62. The Bertz CT molecular complexity index is 813. The topological polar surface area (TPSA) is 9.23 Å². The molecule has 0 aliphatic rings. The molecule has 0 saturated heterocycles.